The van der Waals surface area contributed by atoms with Crippen LogP contribution in [0, 0.1) is 0 Å². The zero-order valence-electron chi connectivity index (χ0n) is 11.7. The Morgan fingerprint density at radius 3 is 2.62 bits per heavy atom. The molecule has 0 radical (unpaired) electrons. The molecule has 0 fully saturated rings. The van der Waals surface area contributed by atoms with Crippen LogP contribution >= 0.6 is 0 Å². The maximum atomic E-state index is 15.3. The smallest absolute Gasteiger partial charge is 0.174 e. The van der Waals surface area contributed by atoms with E-state index in [9.17, 15) is 10.2 Å². The number of alkyl halides is 1. The fraction of sp³-hybridized carbons (Fsp3) is 0.294. The minimum absolute atomic E-state index is 0.0449. The first kappa shape index (κ1) is 14.0. The van der Waals surface area contributed by atoms with Crippen LogP contribution in [0.3, 0.4) is 0 Å². The van der Waals surface area contributed by atoms with Crippen LogP contribution in [0.15, 0.2) is 48.5 Å². The van der Waals surface area contributed by atoms with Crippen LogP contribution in [0.4, 0.5) is 4.39 Å². The standard InChI is InChI=1S/C17H17FO3/c1-21-13-7-8-14-12(9-13)10-17(18,16(14)20)15(19)11-5-3-2-4-6-11/h2-9,15-16,19-20H,10H2,1H3/t15-,16-,17?/m0/s1. The number of hydrogen-bond donors (Lipinski definition) is 2. The van der Waals surface area contributed by atoms with E-state index in [1.165, 1.54) is 7.11 Å². The van der Waals surface area contributed by atoms with Crippen LogP contribution in [-0.4, -0.2) is 23.0 Å². The molecule has 0 bridgehead atoms. The topological polar surface area (TPSA) is 49.7 Å². The van der Waals surface area contributed by atoms with Gasteiger partial charge < -0.3 is 14.9 Å². The van der Waals surface area contributed by atoms with Gasteiger partial charge in [-0.25, -0.2) is 4.39 Å². The normalized spacial score (nSPS) is 25.4. The number of benzene rings is 2. The highest BCUT2D eigenvalue weighted by Crippen LogP contribution is 2.49. The molecule has 0 saturated heterocycles. The van der Waals surface area contributed by atoms with E-state index >= 15 is 4.39 Å². The van der Waals surface area contributed by atoms with Gasteiger partial charge in [0.15, 0.2) is 5.67 Å². The Hall–Kier alpha value is -1.91. The van der Waals surface area contributed by atoms with Gasteiger partial charge in [0, 0.05) is 6.42 Å². The summed E-state index contributed by atoms with van der Waals surface area (Å²) in [5.74, 6) is 0.611. The lowest BCUT2D eigenvalue weighted by Crippen LogP contribution is -2.36. The van der Waals surface area contributed by atoms with Crippen LogP contribution in [0.25, 0.3) is 0 Å². The average molecular weight is 288 g/mol. The van der Waals surface area contributed by atoms with Gasteiger partial charge in [-0.3, -0.25) is 0 Å². The quantitative estimate of drug-likeness (QED) is 0.913. The molecule has 2 aromatic rings. The predicted molar refractivity (Wildman–Crippen MR) is 76.9 cm³/mol. The third-order valence-electron chi connectivity index (χ3n) is 4.13. The summed E-state index contributed by atoms with van der Waals surface area (Å²) >= 11 is 0. The number of aliphatic hydroxyl groups is 2. The van der Waals surface area contributed by atoms with Gasteiger partial charge in [0.1, 0.15) is 18.0 Å². The van der Waals surface area contributed by atoms with Crippen molar-refractivity contribution >= 4 is 0 Å². The maximum absolute atomic E-state index is 15.3. The Morgan fingerprint density at radius 2 is 1.95 bits per heavy atom. The molecule has 110 valence electrons. The first-order valence-corrected chi connectivity index (χ1v) is 6.83. The number of halogens is 1. The lowest BCUT2D eigenvalue weighted by molar-refractivity contribution is -0.0862. The molecule has 4 heteroatoms. The minimum Gasteiger partial charge on any atom is -0.497 e. The lowest BCUT2D eigenvalue weighted by atomic mass is 9.88. The van der Waals surface area contributed by atoms with Crippen LogP contribution in [0.2, 0.25) is 0 Å². The maximum Gasteiger partial charge on any atom is 0.174 e. The van der Waals surface area contributed by atoms with Crippen molar-refractivity contribution in [1.82, 2.24) is 0 Å². The highest BCUT2D eigenvalue weighted by atomic mass is 19.1. The molecular weight excluding hydrogens is 271 g/mol. The molecular formula is C17H17FO3. The first-order chi connectivity index (χ1) is 10.1. The van der Waals surface area contributed by atoms with Crippen molar-refractivity contribution in [2.45, 2.75) is 24.3 Å². The molecule has 0 saturated carbocycles. The van der Waals surface area contributed by atoms with Crippen molar-refractivity contribution in [1.29, 1.82) is 0 Å². The van der Waals surface area contributed by atoms with Crippen LogP contribution < -0.4 is 4.74 Å². The van der Waals surface area contributed by atoms with Gasteiger partial charge in [0.2, 0.25) is 0 Å². The average Bonchev–Trinajstić information content (AvgIpc) is 2.79. The molecule has 1 aliphatic carbocycles. The first-order valence-electron chi connectivity index (χ1n) is 6.83. The summed E-state index contributed by atoms with van der Waals surface area (Å²) in [6, 6.07) is 13.6. The summed E-state index contributed by atoms with van der Waals surface area (Å²) < 4.78 is 20.4. The van der Waals surface area contributed by atoms with Gasteiger partial charge in [-0.1, -0.05) is 36.4 Å². The summed E-state index contributed by atoms with van der Waals surface area (Å²) in [6.45, 7) is 0. The summed E-state index contributed by atoms with van der Waals surface area (Å²) in [4.78, 5) is 0. The van der Waals surface area contributed by atoms with E-state index in [1.807, 2.05) is 0 Å². The molecule has 0 aromatic heterocycles. The lowest BCUT2D eigenvalue weighted by Gasteiger charge is -2.29. The van der Waals surface area contributed by atoms with E-state index in [2.05, 4.69) is 0 Å². The van der Waals surface area contributed by atoms with E-state index < -0.39 is 17.9 Å². The minimum atomic E-state index is -2.13. The molecule has 1 unspecified atom stereocenters. The van der Waals surface area contributed by atoms with E-state index in [0.29, 0.717) is 22.4 Å². The van der Waals surface area contributed by atoms with Gasteiger partial charge in [-0.05, 0) is 28.8 Å². The van der Waals surface area contributed by atoms with E-state index in [-0.39, 0.29) is 6.42 Å². The summed E-state index contributed by atoms with van der Waals surface area (Å²) in [7, 11) is 1.54. The fourth-order valence-electron chi connectivity index (χ4n) is 2.93. The molecule has 0 amide bonds. The van der Waals surface area contributed by atoms with Crippen molar-refractivity contribution in [3.05, 3.63) is 65.2 Å². The molecule has 1 aliphatic rings. The summed E-state index contributed by atoms with van der Waals surface area (Å²) in [5.41, 5.74) is -0.498. The van der Waals surface area contributed by atoms with Crippen molar-refractivity contribution in [2.24, 2.45) is 0 Å². The van der Waals surface area contributed by atoms with E-state index in [1.54, 1.807) is 48.5 Å². The van der Waals surface area contributed by atoms with Crippen LogP contribution in [0.1, 0.15) is 28.9 Å². The summed E-state index contributed by atoms with van der Waals surface area (Å²) in [5, 5.41) is 20.7. The van der Waals surface area contributed by atoms with Crippen LogP contribution in [-0.2, 0) is 6.42 Å². The number of rotatable bonds is 3. The van der Waals surface area contributed by atoms with Gasteiger partial charge in [0.25, 0.3) is 0 Å². The van der Waals surface area contributed by atoms with E-state index in [4.69, 9.17) is 4.74 Å². The number of aliphatic hydroxyl groups excluding tert-OH is 2. The van der Waals surface area contributed by atoms with Crippen LogP contribution in [0.5, 0.6) is 5.75 Å². The van der Waals surface area contributed by atoms with Gasteiger partial charge >= 0.3 is 0 Å². The molecule has 3 atom stereocenters. The molecule has 3 rings (SSSR count). The van der Waals surface area contributed by atoms with Gasteiger partial charge in [-0.15, -0.1) is 0 Å². The molecule has 2 aromatic carbocycles. The van der Waals surface area contributed by atoms with E-state index in [0.717, 1.165) is 0 Å². The Bertz CT molecular complexity index is 644. The number of hydrogen-bond acceptors (Lipinski definition) is 3. The number of fused-ring (bicyclic) bond motifs is 1. The largest absolute Gasteiger partial charge is 0.497 e. The SMILES string of the molecule is COc1ccc2c(c1)CC(F)([C@@H](O)c1ccccc1)[C@H]2O. The zero-order valence-corrected chi connectivity index (χ0v) is 11.7. The van der Waals surface area contributed by atoms with Gasteiger partial charge in [0.05, 0.1) is 7.11 Å². The Morgan fingerprint density at radius 1 is 1.24 bits per heavy atom. The fourth-order valence-corrected chi connectivity index (χ4v) is 2.93. The number of ether oxygens (including phenoxy) is 1. The van der Waals surface area contributed by atoms with Crippen molar-refractivity contribution < 1.29 is 19.3 Å². The molecule has 0 heterocycles. The predicted octanol–water partition coefficient (Wildman–Crippen LogP) is 2.73. The second kappa shape index (κ2) is 5.13. The highest BCUT2D eigenvalue weighted by molar-refractivity contribution is 5.44. The molecule has 21 heavy (non-hydrogen) atoms. The zero-order chi connectivity index (χ0) is 15.0. The summed E-state index contributed by atoms with van der Waals surface area (Å²) in [6.07, 6.45) is -2.78. The molecule has 0 aliphatic heterocycles. The molecule has 0 spiro atoms. The number of methoxy groups -OCH3 is 1. The third kappa shape index (κ3) is 2.20. The second-order valence-corrected chi connectivity index (χ2v) is 5.38. The Balaban J connectivity index is 1.97. The van der Waals surface area contributed by atoms with Crippen molar-refractivity contribution in [2.75, 3.05) is 7.11 Å². The monoisotopic (exact) mass is 288 g/mol. The highest BCUT2D eigenvalue weighted by Gasteiger charge is 2.51. The van der Waals surface area contributed by atoms with Crippen molar-refractivity contribution in [3.8, 4) is 5.75 Å². The molecule has 2 N–H and O–H groups in total. The Kier molecular flexibility index (Phi) is 3.43. The second-order valence-electron chi connectivity index (χ2n) is 5.38. The van der Waals surface area contributed by atoms with Crippen molar-refractivity contribution in [3.63, 3.8) is 0 Å². The van der Waals surface area contributed by atoms with Gasteiger partial charge in [-0.2, -0.15) is 0 Å². The third-order valence-corrected chi connectivity index (χ3v) is 4.13. The Labute approximate surface area is 122 Å². The molecule has 3 nitrogen and oxygen atoms in total.